The van der Waals surface area contributed by atoms with Crippen molar-refractivity contribution in [3.05, 3.63) is 29.0 Å². The zero-order valence-corrected chi connectivity index (χ0v) is 12.4. The van der Waals surface area contributed by atoms with Gasteiger partial charge in [-0.3, -0.25) is 9.59 Å². The molecule has 2 aromatic rings. The van der Waals surface area contributed by atoms with E-state index >= 15 is 0 Å². The van der Waals surface area contributed by atoms with E-state index in [4.69, 9.17) is 4.42 Å². The van der Waals surface area contributed by atoms with Gasteiger partial charge in [0.15, 0.2) is 10.8 Å². The third-order valence-corrected chi connectivity index (χ3v) is 4.32. The van der Waals surface area contributed by atoms with Gasteiger partial charge in [0.25, 0.3) is 5.91 Å². The molecule has 0 spiro atoms. The van der Waals surface area contributed by atoms with Crippen LogP contribution in [0.1, 0.15) is 21.8 Å². The minimum atomic E-state index is -0.127. The summed E-state index contributed by atoms with van der Waals surface area (Å²) in [5.41, 5.74) is 0.445. The molecular weight excluding hydrogens is 290 g/mol. The van der Waals surface area contributed by atoms with Crippen molar-refractivity contribution in [3.8, 4) is 10.8 Å². The summed E-state index contributed by atoms with van der Waals surface area (Å²) in [6.45, 7) is 3.30. The number of aryl methyl sites for hydroxylation is 1. The van der Waals surface area contributed by atoms with E-state index in [1.165, 1.54) is 11.3 Å². The number of hydrogen-bond donors (Lipinski definition) is 1. The lowest BCUT2D eigenvalue weighted by Gasteiger charge is -2.18. The topological polar surface area (TPSA) is 75.4 Å². The number of amides is 2. The first-order valence-corrected chi connectivity index (χ1v) is 7.54. The van der Waals surface area contributed by atoms with Gasteiger partial charge in [0.05, 0.1) is 6.26 Å². The molecule has 2 amide bonds. The molecule has 21 heavy (non-hydrogen) atoms. The van der Waals surface area contributed by atoms with E-state index in [-0.39, 0.29) is 11.8 Å². The summed E-state index contributed by atoms with van der Waals surface area (Å²) in [7, 11) is 0. The van der Waals surface area contributed by atoms with Crippen LogP contribution >= 0.6 is 11.3 Å². The zero-order chi connectivity index (χ0) is 14.8. The van der Waals surface area contributed by atoms with Crippen molar-refractivity contribution in [1.82, 2.24) is 15.2 Å². The molecule has 0 unspecified atom stereocenters. The second kappa shape index (κ2) is 5.69. The number of rotatable bonds is 2. The smallest absolute Gasteiger partial charge is 0.273 e. The molecule has 0 aromatic carbocycles. The number of carbonyl (C=O) groups is 2. The summed E-state index contributed by atoms with van der Waals surface area (Å²) in [5.74, 6) is 0.518. The van der Waals surface area contributed by atoms with Crippen LogP contribution in [0.4, 0.5) is 0 Å². The Morgan fingerprint density at radius 3 is 3.10 bits per heavy atom. The molecule has 3 heterocycles. The number of nitrogens with zero attached hydrogens (tertiary/aromatic N) is 2. The van der Waals surface area contributed by atoms with E-state index in [0.29, 0.717) is 42.5 Å². The molecule has 0 bridgehead atoms. The summed E-state index contributed by atoms with van der Waals surface area (Å²) in [5, 5.41) is 3.46. The highest BCUT2D eigenvalue weighted by molar-refractivity contribution is 7.15. The maximum atomic E-state index is 12.6. The fourth-order valence-electron chi connectivity index (χ4n) is 2.22. The molecule has 1 fully saturated rings. The van der Waals surface area contributed by atoms with Gasteiger partial charge in [-0.25, -0.2) is 4.98 Å². The van der Waals surface area contributed by atoms with Crippen LogP contribution in [0.5, 0.6) is 0 Å². The van der Waals surface area contributed by atoms with Gasteiger partial charge in [0.2, 0.25) is 5.91 Å². The standard InChI is InChI=1S/C14H15N3O3S/c1-9-12(16-13(21-9)10-3-2-8-20-10)14(19)17-6-4-11(18)15-5-7-17/h2-3,8H,4-7H2,1H3,(H,15,18). The van der Waals surface area contributed by atoms with E-state index in [2.05, 4.69) is 10.3 Å². The molecule has 0 radical (unpaired) electrons. The minimum absolute atomic E-state index is 0.0171. The average molecular weight is 305 g/mol. The van der Waals surface area contributed by atoms with Crippen LogP contribution in [-0.2, 0) is 4.79 Å². The monoisotopic (exact) mass is 305 g/mol. The van der Waals surface area contributed by atoms with Crippen LogP contribution in [-0.4, -0.2) is 41.3 Å². The van der Waals surface area contributed by atoms with Crippen LogP contribution in [0.25, 0.3) is 10.8 Å². The average Bonchev–Trinajstić information content (AvgIpc) is 3.06. The Balaban J connectivity index is 1.83. The Labute approximate surface area is 125 Å². The van der Waals surface area contributed by atoms with Crippen molar-refractivity contribution < 1.29 is 14.0 Å². The molecule has 0 atom stereocenters. The SMILES string of the molecule is Cc1sc(-c2ccco2)nc1C(=O)N1CCNC(=O)CC1. The summed E-state index contributed by atoms with van der Waals surface area (Å²) in [6, 6.07) is 3.61. The number of hydrogen-bond acceptors (Lipinski definition) is 5. The highest BCUT2D eigenvalue weighted by atomic mass is 32.1. The van der Waals surface area contributed by atoms with Gasteiger partial charge >= 0.3 is 0 Å². The van der Waals surface area contributed by atoms with E-state index in [1.807, 2.05) is 13.0 Å². The molecule has 1 aliphatic heterocycles. The fraction of sp³-hybridized carbons (Fsp3) is 0.357. The van der Waals surface area contributed by atoms with Crippen molar-refractivity contribution in [3.63, 3.8) is 0 Å². The fourth-order valence-corrected chi connectivity index (χ4v) is 3.09. The summed E-state index contributed by atoms with van der Waals surface area (Å²) >= 11 is 1.44. The summed E-state index contributed by atoms with van der Waals surface area (Å²) < 4.78 is 5.32. The molecule has 6 nitrogen and oxygen atoms in total. The highest BCUT2D eigenvalue weighted by Crippen LogP contribution is 2.28. The Morgan fingerprint density at radius 2 is 2.33 bits per heavy atom. The highest BCUT2D eigenvalue weighted by Gasteiger charge is 2.24. The third-order valence-electron chi connectivity index (χ3n) is 3.33. The van der Waals surface area contributed by atoms with Gasteiger partial charge in [-0.2, -0.15) is 0 Å². The molecule has 2 aromatic heterocycles. The molecule has 3 rings (SSSR count). The minimum Gasteiger partial charge on any atom is -0.462 e. The first-order chi connectivity index (χ1) is 10.1. The van der Waals surface area contributed by atoms with Gasteiger partial charge in [0.1, 0.15) is 5.69 Å². The molecule has 1 aliphatic rings. The van der Waals surface area contributed by atoms with Crippen LogP contribution in [0.15, 0.2) is 22.8 Å². The van der Waals surface area contributed by atoms with E-state index in [9.17, 15) is 9.59 Å². The molecule has 0 saturated carbocycles. The van der Waals surface area contributed by atoms with Crippen molar-refractivity contribution in [1.29, 1.82) is 0 Å². The summed E-state index contributed by atoms with van der Waals surface area (Å²) in [4.78, 5) is 30.8. The Bertz CT molecular complexity index is 663. The second-order valence-corrected chi connectivity index (χ2v) is 6.00. The van der Waals surface area contributed by atoms with Crippen LogP contribution < -0.4 is 5.32 Å². The number of nitrogens with one attached hydrogen (secondary N) is 1. The largest absolute Gasteiger partial charge is 0.462 e. The predicted octanol–water partition coefficient (Wildman–Crippen LogP) is 1.67. The maximum Gasteiger partial charge on any atom is 0.273 e. The van der Waals surface area contributed by atoms with Crippen LogP contribution in [0.3, 0.4) is 0 Å². The van der Waals surface area contributed by atoms with Gasteiger partial charge in [-0.1, -0.05) is 0 Å². The first kappa shape index (κ1) is 13.8. The van der Waals surface area contributed by atoms with E-state index in [1.54, 1.807) is 17.2 Å². The molecule has 1 saturated heterocycles. The molecule has 0 aliphatic carbocycles. The van der Waals surface area contributed by atoms with Crippen molar-refractivity contribution in [2.75, 3.05) is 19.6 Å². The predicted molar refractivity (Wildman–Crippen MR) is 78.1 cm³/mol. The van der Waals surface area contributed by atoms with Gasteiger partial charge in [-0.05, 0) is 19.1 Å². The van der Waals surface area contributed by atoms with Gasteiger partial charge in [0, 0.05) is 30.9 Å². The second-order valence-electron chi connectivity index (χ2n) is 4.79. The summed E-state index contributed by atoms with van der Waals surface area (Å²) in [6.07, 6.45) is 1.92. The Kier molecular flexibility index (Phi) is 3.74. The number of furan rings is 1. The lowest BCUT2D eigenvalue weighted by molar-refractivity contribution is -0.120. The van der Waals surface area contributed by atoms with Gasteiger partial charge < -0.3 is 14.6 Å². The quantitative estimate of drug-likeness (QED) is 0.916. The molecule has 7 heteroatoms. The van der Waals surface area contributed by atoms with Crippen molar-refractivity contribution >= 4 is 23.2 Å². The van der Waals surface area contributed by atoms with Gasteiger partial charge in [-0.15, -0.1) is 11.3 Å². The maximum absolute atomic E-state index is 12.6. The normalized spacial score (nSPS) is 15.7. The number of aromatic nitrogens is 1. The lowest BCUT2D eigenvalue weighted by Crippen LogP contribution is -2.34. The number of thiazole rings is 1. The first-order valence-electron chi connectivity index (χ1n) is 6.72. The lowest BCUT2D eigenvalue weighted by atomic mass is 10.3. The van der Waals surface area contributed by atoms with Crippen LogP contribution in [0.2, 0.25) is 0 Å². The van der Waals surface area contributed by atoms with Crippen LogP contribution in [0, 0.1) is 6.92 Å². The van der Waals surface area contributed by atoms with Crippen molar-refractivity contribution in [2.45, 2.75) is 13.3 Å². The van der Waals surface area contributed by atoms with E-state index < -0.39 is 0 Å². The van der Waals surface area contributed by atoms with Crippen molar-refractivity contribution in [2.24, 2.45) is 0 Å². The van der Waals surface area contributed by atoms with E-state index in [0.717, 1.165) is 4.88 Å². The Morgan fingerprint density at radius 1 is 1.48 bits per heavy atom. The Hall–Kier alpha value is -2.15. The molecular formula is C14H15N3O3S. The molecule has 1 N–H and O–H groups in total. The third kappa shape index (κ3) is 2.82. The zero-order valence-electron chi connectivity index (χ0n) is 11.6. The number of carbonyl (C=O) groups excluding carboxylic acids is 2. The molecule has 110 valence electrons.